The highest BCUT2D eigenvalue weighted by Crippen LogP contribution is 2.23. The van der Waals surface area contributed by atoms with Crippen molar-refractivity contribution in [2.75, 3.05) is 0 Å². The van der Waals surface area contributed by atoms with Gasteiger partial charge in [0.15, 0.2) is 0 Å². The van der Waals surface area contributed by atoms with E-state index in [1.165, 1.54) is 19.3 Å². The summed E-state index contributed by atoms with van der Waals surface area (Å²) in [6.45, 7) is 2.27. The van der Waals surface area contributed by atoms with Gasteiger partial charge in [0.2, 0.25) is 9.47 Å². The zero-order valence-corrected chi connectivity index (χ0v) is 11.4. The van der Waals surface area contributed by atoms with E-state index in [0.717, 1.165) is 30.1 Å². The summed E-state index contributed by atoms with van der Waals surface area (Å²) in [5.74, 6) is 0.627. The van der Waals surface area contributed by atoms with Gasteiger partial charge in [-0.25, -0.2) is 0 Å². The number of hydrogen-bond donors (Lipinski definition) is 1. The van der Waals surface area contributed by atoms with Crippen LogP contribution in [-0.4, -0.2) is 22.1 Å². The average molecular weight is 274 g/mol. The van der Waals surface area contributed by atoms with Crippen molar-refractivity contribution >= 4 is 28.8 Å². The van der Waals surface area contributed by atoms with E-state index in [0.29, 0.717) is 9.47 Å². The smallest absolute Gasteiger partial charge is 0.282 e. The number of nitrogens with zero attached hydrogens (tertiary/aromatic N) is 2. The lowest BCUT2D eigenvalue weighted by Crippen LogP contribution is -2.34. The van der Waals surface area contributed by atoms with E-state index in [4.69, 9.17) is 11.6 Å². The van der Waals surface area contributed by atoms with Gasteiger partial charge in [-0.2, -0.15) is 0 Å². The fourth-order valence-electron chi connectivity index (χ4n) is 2.18. The van der Waals surface area contributed by atoms with Crippen LogP contribution in [0.5, 0.6) is 0 Å². The van der Waals surface area contributed by atoms with E-state index in [2.05, 4.69) is 22.4 Å². The summed E-state index contributed by atoms with van der Waals surface area (Å²) in [5.41, 5.74) is 0. The van der Waals surface area contributed by atoms with E-state index >= 15 is 0 Å². The highest BCUT2D eigenvalue weighted by Gasteiger charge is 2.20. The molecule has 1 aromatic heterocycles. The molecule has 1 aromatic rings. The Kier molecular flexibility index (Phi) is 4.34. The molecule has 1 fully saturated rings. The molecule has 17 heavy (non-hydrogen) atoms. The van der Waals surface area contributed by atoms with Crippen LogP contribution in [0.2, 0.25) is 4.47 Å². The molecule has 4 nitrogen and oxygen atoms in total. The highest BCUT2D eigenvalue weighted by atomic mass is 35.5. The van der Waals surface area contributed by atoms with Crippen LogP contribution in [0.4, 0.5) is 0 Å². The standard InChI is InChI=1S/C11H16ClN3OS/c1-7-3-2-4-8(6-5-7)13-9(16)10-14-15-11(12)17-10/h7-8H,2-6H2,1H3,(H,13,16). The number of carbonyl (C=O) groups is 1. The molecule has 0 bridgehead atoms. The highest BCUT2D eigenvalue weighted by molar-refractivity contribution is 7.17. The minimum absolute atomic E-state index is 0.144. The molecule has 1 N–H and O–H groups in total. The monoisotopic (exact) mass is 273 g/mol. The lowest BCUT2D eigenvalue weighted by Gasteiger charge is -2.15. The Morgan fingerprint density at radius 3 is 2.88 bits per heavy atom. The van der Waals surface area contributed by atoms with E-state index < -0.39 is 0 Å². The number of nitrogens with one attached hydrogen (secondary N) is 1. The van der Waals surface area contributed by atoms with Gasteiger partial charge in [-0.3, -0.25) is 4.79 Å². The third-order valence-electron chi connectivity index (χ3n) is 3.19. The van der Waals surface area contributed by atoms with Crippen LogP contribution in [0, 0.1) is 5.92 Å². The first-order valence-electron chi connectivity index (χ1n) is 5.95. The molecule has 1 aliphatic carbocycles. The lowest BCUT2D eigenvalue weighted by atomic mass is 10.0. The van der Waals surface area contributed by atoms with Crippen LogP contribution in [0.3, 0.4) is 0 Å². The summed E-state index contributed by atoms with van der Waals surface area (Å²) in [5, 5.41) is 10.8. The molecule has 94 valence electrons. The molecule has 2 atom stereocenters. The van der Waals surface area contributed by atoms with Crippen molar-refractivity contribution in [2.24, 2.45) is 5.92 Å². The van der Waals surface area contributed by atoms with E-state index in [9.17, 15) is 4.79 Å². The van der Waals surface area contributed by atoms with Gasteiger partial charge in [0.25, 0.3) is 5.91 Å². The van der Waals surface area contributed by atoms with Crippen LogP contribution in [0.1, 0.15) is 48.8 Å². The van der Waals surface area contributed by atoms with Crippen molar-refractivity contribution in [2.45, 2.75) is 45.1 Å². The maximum atomic E-state index is 11.9. The predicted molar refractivity (Wildman–Crippen MR) is 68.4 cm³/mol. The maximum Gasteiger partial charge on any atom is 0.282 e. The van der Waals surface area contributed by atoms with Gasteiger partial charge in [-0.1, -0.05) is 31.1 Å². The third-order valence-corrected chi connectivity index (χ3v) is 4.20. The Morgan fingerprint density at radius 2 is 2.18 bits per heavy atom. The first-order chi connectivity index (χ1) is 8.15. The van der Waals surface area contributed by atoms with Crippen molar-refractivity contribution in [3.8, 4) is 0 Å². The molecule has 2 rings (SSSR count). The van der Waals surface area contributed by atoms with Gasteiger partial charge in [0, 0.05) is 6.04 Å². The molecule has 1 aliphatic rings. The Hall–Kier alpha value is -0.680. The summed E-state index contributed by atoms with van der Waals surface area (Å²) in [7, 11) is 0. The summed E-state index contributed by atoms with van der Waals surface area (Å²) in [4.78, 5) is 11.9. The molecule has 0 aliphatic heterocycles. The Labute approximate surface area is 110 Å². The van der Waals surface area contributed by atoms with Crippen molar-refractivity contribution < 1.29 is 4.79 Å². The molecule has 1 heterocycles. The second kappa shape index (κ2) is 5.78. The normalized spacial score (nSPS) is 25.3. The second-order valence-electron chi connectivity index (χ2n) is 4.64. The van der Waals surface area contributed by atoms with Crippen LogP contribution >= 0.6 is 22.9 Å². The molecule has 6 heteroatoms. The topological polar surface area (TPSA) is 54.9 Å². The molecule has 0 saturated heterocycles. The minimum atomic E-state index is -0.144. The predicted octanol–water partition coefficient (Wildman–Crippen LogP) is 2.89. The number of carbonyl (C=O) groups excluding carboxylic acids is 1. The fourth-order valence-corrected chi connectivity index (χ4v) is 2.91. The zero-order chi connectivity index (χ0) is 12.3. The number of halogens is 1. The van der Waals surface area contributed by atoms with Crippen LogP contribution in [-0.2, 0) is 0 Å². The van der Waals surface area contributed by atoms with Crippen molar-refractivity contribution in [1.82, 2.24) is 15.5 Å². The Morgan fingerprint density at radius 1 is 1.35 bits per heavy atom. The van der Waals surface area contributed by atoms with E-state index in [1.54, 1.807) is 0 Å². The first kappa shape index (κ1) is 12.8. The number of rotatable bonds is 2. The quantitative estimate of drug-likeness (QED) is 0.843. The molecule has 2 unspecified atom stereocenters. The summed E-state index contributed by atoms with van der Waals surface area (Å²) < 4.78 is 0.310. The largest absolute Gasteiger partial charge is 0.347 e. The van der Waals surface area contributed by atoms with E-state index in [1.807, 2.05) is 0 Å². The molecule has 0 aromatic carbocycles. The van der Waals surface area contributed by atoms with Crippen molar-refractivity contribution in [3.63, 3.8) is 0 Å². The Balaban J connectivity index is 1.90. The SMILES string of the molecule is CC1CCCC(NC(=O)c2nnc(Cl)s2)CC1. The summed E-state index contributed by atoms with van der Waals surface area (Å²) in [6.07, 6.45) is 5.74. The molecule has 0 spiro atoms. The number of amides is 1. The average Bonchev–Trinajstić information content (AvgIpc) is 2.62. The van der Waals surface area contributed by atoms with Gasteiger partial charge >= 0.3 is 0 Å². The van der Waals surface area contributed by atoms with Crippen LogP contribution in [0.15, 0.2) is 0 Å². The molecule has 1 amide bonds. The fraction of sp³-hybridized carbons (Fsp3) is 0.727. The minimum Gasteiger partial charge on any atom is -0.347 e. The van der Waals surface area contributed by atoms with Gasteiger partial charge < -0.3 is 5.32 Å². The zero-order valence-electron chi connectivity index (χ0n) is 9.78. The van der Waals surface area contributed by atoms with Gasteiger partial charge in [-0.15, -0.1) is 10.2 Å². The van der Waals surface area contributed by atoms with Crippen LogP contribution in [0.25, 0.3) is 0 Å². The molecular weight excluding hydrogens is 258 g/mol. The number of aromatic nitrogens is 2. The van der Waals surface area contributed by atoms with Crippen molar-refractivity contribution in [3.05, 3.63) is 9.47 Å². The van der Waals surface area contributed by atoms with E-state index in [-0.39, 0.29) is 11.9 Å². The third kappa shape index (κ3) is 3.64. The second-order valence-corrected chi connectivity index (χ2v) is 6.20. The van der Waals surface area contributed by atoms with Gasteiger partial charge in [0.05, 0.1) is 0 Å². The lowest BCUT2D eigenvalue weighted by molar-refractivity contribution is 0.0932. The molecular formula is C11H16ClN3OS. The maximum absolute atomic E-state index is 11.9. The Bertz CT molecular complexity index is 396. The molecule has 0 radical (unpaired) electrons. The number of hydrogen-bond acceptors (Lipinski definition) is 4. The first-order valence-corrected chi connectivity index (χ1v) is 7.14. The summed E-state index contributed by atoms with van der Waals surface area (Å²) >= 11 is 6.78. The van der Waals surface area contributed by atoms with Gasteiger partial charge in [0.1, 0.15) is 0 Å². The van der Waals surface area contributed by atoms with Gasteiger partial charge in [-0.05, 0) is 36.8 Å². The van der Waals surface area contributed by atoms with Crippen LogP contribution < -0.4 is 5.32 Å². The van der Waals surface area contributed by atoms with Crippen molar-refractivity contribution in [1.29, 1.82) is 0 Å². The summed E-state index contributed by atoms with van der Waals surface area (Å²) in [6, 6.07) is 0.273. The molecule has 1 saturated carbocycles.